The molecule has 0 spiro atoms. The van der Waals surface area contributed by atoms with E-state index in [4.69, 9.17) is 14.6 Å². The number of hydrogen-bond acceptors (Lipinski definition) is 7. The molecule has 1 N–H and O–H groups in total. The first-order valence-corrected chi connectivity index (χ1v) is 13.2. The van der Waals surface area contributed by atoms with Gasteiger partial charge in [0.2, 0.25) is 0 Å². The summed E-state index contributed by atoms with van der Waals surface area (Å²) in [7, 11) is 3.18. The summed E-state index contributed by atoms with van der Waals surface area (Å²) in [5.74, 6) is 1.02. The highest BCUT2D eigenvalue weighted by atomic mass is 16.5. The highest BCUT2D eigenvalue weighted by Gasteiger charge is 2.39. The molecule has 4 aromatic rings. The number of ether oxygens (including phenoxy) is 2. The first-order chi connectivity index (χ1) is 19.8. The molecule has 0 unspecified atom stereocenters. The number of benzene rings is 4. The van der Waals surface area contributed by atoms with Gasteiger partial charge in [0, 0.05) is 29.4 Å². The van der Waals surface area contributed by atoms with E-state index in [0.717, 1.165) is 22.4 Å². The number of carbonyl (C=O) groups is 2. The number of nitrogens with one attached hydrogen (secondary N) is 1. The van der Waals surface area contributed by atoms with Crippen molar-refractivity contribution >= 4 is 34.6 Å². The molecule has 41 heavy (non-hydrogen) atoms. The Hall–Kier alpha value is -5.11. The van der Waals surface area contributed by atoms with E-state index in [1.807, 2.05) is 109 Å². The van der Waals surface area contributed by atoms with Crippen LogP contribution in [0.3, 0.4) is 0 Å². The normalized spacial score (nSPS) is 14.5. The summed E-state index contributed by atoms with van der Waals surface area (Å²) in [6.07, 6.45) is -0.529. The van der Waals surface area contributed by atoms with Crippen molar-refractivity contribution in [2.75, 3.05) is 29.4 Å². The lowest BCUT2D eigenvalue weighted by atomic mass is 10.1. The van der Waals surface area contributed by atoms with Gasteiger partial charge in [0.25, 0.3) is 5.91 Å². The Kier molecular flexibility index (Phi) is 7.74. The molecule has 0 fully saturated rings. The van der Waals surface area contributed by atoms with E-state index < -0.39 is 6.17 Å². The molecule has 8 nitrogen and oxygen atoms in total. The maximum atomic E-state index is 13.1. The van der Waals surface area contributed by atoms with Gasteiger partial charge in [-0.05, 0) is 67.9 Å². The van der Waals surface area contributed by atoms with Crippen LogP contribution >= 0.6 is 0 Å². The second-order valence-corrected chi connectivity index (χ2v) is 9.84. The molecule has 5 rings (SSSR count). The summed E-state index contributed by atoms with van der Waals surface area (Å²) in [5.41, 5.74) is 5.53. The lowest BCUT2D eigenvalue weighted by Gasteiger charge is -2.32. The minimum absolute atomic E-state index is 0.195. The molecular formula is C33H32N4O4. The summed E-state index contributed by atoms with van der Waals surface area (Å²) >= 11 is 0. The molecule has 4 aromatic carbocycles. The van der Waals surface area contributed by atoms with Gasteiger partial charge in [-0.15, -0.1) is 5.10 Å². The first kappa shape index (κ1) is 27.5. The van der Waals surface area contributed by atoms with Crippen molar-refractivity contribution in [1.82, 2.24) is 0 Å². The average Bonchev–Trinajstić information content (AvgIpc) is 3.38. The molecule has 0 aromatic heterocycles. The Morgan fingerprint density at radius 1 is 0.805 bits per heavy atom. The lowest BCUT2D eigenvalue weighted by Crippen LogP contribution is -2.37. The maximum Gasteiger partial charge on any atom is 0.255 e. The van der Waals surface area contributed by atoms with Crippen LogP contribution in [0.15, 0.2) is 96.1 Å². The number of aryl methyl sites for hydroxylation is 2. The fraction of sp³-hybridized carbons (Fsp3) is 0.182. The predicted octanol–water partition coefficient (Wildman–Crippen LogP) is 6.50. The molecule has 0 aliphatic carbocycles. The number of rotatable bonds is 8. The van der Waals surface area contributed by atoms with Crippen LogP contribution in [-0.2, 0) is 4.79 Å². The number of amidine groups is 1. The fourth-order valence-corrected chi connectivity index (χ4v) is 4.89. The molecule has 0 radical (unpaired) electrons. The van der Waals surface area contributed by atoms with Crippen molar-refractivity contribution in [1.29, 1.82) is 0 Å². The Labute approximate surface area is 239 Å². The van der Waals surface area contributed by atoms with Crippen molar-refractivity contribution in [3.05, 3.63) is 113 Å². The summed E-state index contributed by atoms with van der Waals surface area (Å²) in [5, 5.41) is 9.65. The van der Waals surface area contributed by atoms with Gasteiger partial charge in [0.1, 0.15) is 0 Å². The SMILES string of the molecule is COc1ccc([C@H]2N(c3ccc(C)cc3)N=C(C(C)=O)N2c2cccc(NC(=O)c3ccccc3C)c2)cc1OC. The van der Waals surface area contributed by atoms with Gasteiger partial charge < -0.3 is 14.8 Å². The zero-order valence-electron chi connectivity index (χ0n) is 23.7. The minimum Gasteiger partial charge on any atom is -0.493 e. The molecule has 1 aliphatic heterocycles. The summed E-state index contributed by atoms with van der Waals surface area (Å²) in [6.45, 7) is 5.42. The first-order valence-electron chi connectivity index (χ1n) is 13.2. The molecule has 0 saturated carbocycles. The van der Waals surface area contributed by atoms with Crippen molar-refractivity contribution < 1.29 is 19.1 Å². The Balaban J connectivity index is 1.61. The molecule has 1 amide bonds. The summed E-state index contributed by atoms with van der Waals surface area (Å²) in [6, 6.07) is 28.5. The molecular weight excluding hydrogens is 516 g/mol. The van der Waals surface area contributed by atoms with E-state index >= 15 is 0 Å². The van der Waals surface area contributed by atoms with E-state index in [1.54, 1.807) is 20.3 Å². The molecule has 1 aliphatic rings. The monoisotopic (exact) mass is 548 g/mol. The highest BCUT2D eigenvalue weighted by Crippen LogP contribution is 2.42. The average molecular weight is 549 g/mol. The van der Waals surface area contributed by atoms with Gasteiger partial charge in [-0.3, -0.25) is 14.5 Å². The third-order valence-corrected chi connectivity index (χ3v) is 7.00. The number of nitrogens with zero attached hydrogens (tertiary/aromatic N) is 3. The number of hydrazone groups is 1. The van der Waals surface area contributed by atoms with E-state index in [-0.39, 0.29) is 17.5 Å². The van der Waals surface area contributed by atoms with Crippen LogP contribution in [0.4, 0.5) is 17.1 Å². The van der Waals surface area contributed by atoms with Crippen LogP contribution in [0.25, 0.3) is 0 Å². The van der Waals surface area contributed by atoms with Gasteiger partial charge in [-0.25, -0.2) is 5.01 Å². The smallest absolute Gasteiger partial charge is 0.255 e. The number of amides is 1. The number of carbonyl (C=O) groups excluding carboxylic acids is 2. The van der Waals surface area contributed by atoms with Gasteiger partial charge in [-0.2, -0.15) is 0 Å². The lowest BCUT2D eigenvalue weighted by molar-refractivity contribution is -0.111. The standard InChI is InChI=1S/C33H32N4O4/c1-21-13-16-26(17-14-21)37-33(24-15-18-29(40-4)30(19-24)41-5)36(31(35-37)23(3)38)27-11-8-10-25(20-27)34-32(39)28-12-7-6-9-22(28)2/h6-20,33H,1-5H3,(H,34,39)/t33-/m1/s1. The molecule has 208 valence electrons. The zero-order chi connectivity index (χ0) is 29.1. The van der Waals surface area contributed by atoms with Crippen LogP contribution in [0.2, 0.25) is 0 Å². The third kappa shape index (κ3) is 5.49. The van der Waals surface area contributed by atoms with E-state index in [1.165, 1.54) is 6.92 Å². The third-order valence-electron chi connectivity index (χ3n) is 7.00. The highest BCUT2D eigenvalue weighted by molar-refractivity contribution is 6.44. The number of hydrogen-bond donors (Lipinski definition) is 1. The van der Waals surface area contributed by atoms with Crippen LogP contribution < -0.4 is 24.7 Å². The topological polar surface area (TPSA) is 83.5 Å². The van der Waals surface area contributed by atoms with Crippen LogP contribution in [0.5, 0.6) is 11.5 Å². The Morgan fingerprint density at radius 2 is 1.54 bits per heavy atom. The van der Waals surface area contributed by atoms with Crippen LogP contribution in [0, 0.1) is 13.8 Å². The van der Waals surface area contributed by atoms with Gasteiger partial charge in [0.15, 0.2) is 29.3 Å². The largest absolute Gasteiger partial charge is 0.493 e. The molecule has 8 heteroatoms. The zero-order valence-corrected chi connectivity index (χ0v) is 23.7. The quantitative estimate of drug-likeness (QED) is 0.271. The van der Waals surface area contributed by atoms with Gasteiger partial charge in [-0.1, -0.05) is 48.0 Å². The van der Waals surface area contributed by atoms with Gasteiger partial charge >= 0.3 is 0 Å². The fourth-order valence-electron chi connectivity index (χ4n) is 4.89. The predicted molar refractivity (Wildman–Crippen MR) is 162 cm³/mol. The maximum absolute atomic E-state index is 13.1. The number of ketones is 1. The second kappa shape index (κ2) is 11.6. The number of methoxy groups -OCH3 is 2. The van der Waals surface area contributed by atoms with E-state index in [9.17, 15) is 9.59 Å². The molecule has 0 saturated heterocycles. The number of anilines is 3. The Bertz CT molecular complexity index is 1630. The van der Waals surface area contributed by atoms with Crippen LogP contribution in [0.1, 0.15) is 40.1 Å². The molecule has 0 bridgehead atoms. The number of Topliss-reactive ketones (excluding diaryl/α,β-unsaturated/α-hetero) is 1. The van der Waals surface area contributed by atoms with Crippen LogP contribution in [-0.4, -0.2) is 31.7 Å². The second-order valence-electron chi connectivity index (χ2n) is 9.84. The minimum atomic E-state index is -0.529. The summed E-state index contributed by atoms with van der Waals surface area (Å²) in [4.78, 5) is 28.0. The van der Waals surface area contributed by atoms with Crippen molar-refractivity contribution in [3.8, 4) is 11.5 Å². The summed E-state index contributed by atoms with van der Waals surface area (Å²) < 4.78 is 11.1. The molecule has 1 atom stereocenters. The molecule has 1 heterocycles. The van der Waals surface area contributed by atoms with E-state index in [2.05, 4.69) is 5.32 Å². The van der Waals surface area contributed by atoms with Gasteiger partial charge in [0.05, 0.1) is 19.9 Å². The van der Waals surface area contributed by atoms with E-state index in [0.29, 0.717) is 28.4 Å². The van der Waals surface area contributed by atoms with Crippen molar-refractivity contribution in [3.63, 3.8) is 0 Å². The Morgan fingerprint density at radius 3 is 2.22 bits per heavy atom. The van der Waals surface area contributed by atoms with Crippen molar-refractivity contribution in [2.24, 2.45) is 5.10 Å². The van der Waals surface area contributed by atoms with Crippen molar-refractivity contribution in [2.45, 2.75) is 26.9 Å².